The summed E-state index contributed by atoms with van der Waals surface area (Å²) in [5.41, 5.74) is 4.69. The van der Waals surface area contributed by atoms with Crippen LogP contribution in [0.15, 0.2) is 48.5 Å². The molecule has 2 aliphatic rings. The van der Waals surface area contributed by atoms with Crippen LogP contribution in [-0.4, -0.2) is 42.8 Å². The van der Waals surface area contributed by atoms with Crippen LogP contribution in [0.2, 0.25) is 0 Å². The van der Waals surface area contributed by atoms with Crippen molar-refractivity contribution < 1.29 is 24.2 Å². The first-order valence-corrected chi connectivity index (χ1v) is 12.6. The summed E-state index contributed by atoms with van der Waals surface area (Å²) < 4.78 is 5.63. The minimum Gasteiger partial charge on any atom is -0.481 e. The number of benzene rings is 2. The smallest absolute Gasteiger partial charge is 0.407 e. The molecule has 1 fully saturated rings. The van der Waals surface area contributed by atoms with E-state index in [2.05, 4.69) is 34.9 Å². The van der Waals surface area contributed by atoms with E-state index in [9.17, 15) is 19.5 Å². The molecule has 0 radical (unpaired) electrons. The molecule has 2 aromatic rings. The number of alkyl carbamates (subject to hydrolysis) is 1. The number of carboxylic acid groups (broad SMARTS) is 1. The van der Waals surface area contributed by atoms with Crippen LogP contribution in [0, 0.1) is 17.8 Å². The fourth-order valence-electron chi connectivity index (χ4n) is 5.42. The number of hydrogen-bond acceptors (Lipinski definition) is 4. The van der Waals surface area contributed by atoms with E-state index in [-0.39, 0.29) is 36.8 Å². The van der Waals surface area contributed by atoms with E-state index in [0.717, 1.165) is 36.8 Å². The van der Waals surface area contributed by atoms with Crippen molar-refractivity contribution in [3.63, 3.8) is 0 Å². The van der Waals surface area contributed by atoms with Gasteiger partial charge in [0, 0.05) is 24.9 Å². The maximum atomic E-state index is 12.8. The Balaban J connectivity index is 1.30. The number of hydrogen-bond donors (Lipinski definition) is 3. The normalized spacial score (nSPS) is 19.8. The van der Waals surface area contributed by atoms with E-state index in [1.165, 1.54) is 11.1 Å². The standard InChI is InChI=1S/C28H34N2O5/c1-2-18(27(32)33)15-29-26(31)20-10-4-3-9-19(20)16-30-28(34)35-17-25-23-13-7-5-11-21(23)22-12-6-8-14-24(22)25/h5-8,11-14,18-20,25H,2-4,9-10,15-17H2,1H3,(H,29,31)(H,30,34)(H,32,33). The second kappa shape index (κ2) is 11.4. The third-order valence-electron chi connectivity index (χ3n) is 7.46. The molecule has 0 bridgehead atoms. The Morgan fingerprint density at radius 2 is 1.60 bits per heavy atom. The maximum absolute atomic E-state index is 12.8. The fraction of sp³-hybridized carbons (Fsp3) is 0.464. The molecule has 186 valence electrons. The first kappa shape index (κ1) is 24.8. The van der Waals surface area contributed by atoms with Crippen molar-refractivity contribution in [2.24, 2.45) is 17.8 Å². The molecule has 7 nitrogen and oxygen atoms in total. The molecular weight excluding hydrogens is 444 g/mol. The third kappa shape index (κ3) is 5.66. The number of ether oxygens (including phenoxy) is 1. The van der Waals surface area contributed by atoms with Gasteiger partial charge in [0.15, 0.2) is 0 Å². The fourth-order valence-corrected chi connectivity index (χ4v) is 5.42. The molecule has 2 aromatic carbocycles. The zero-order valence-corrected chi connectivity index (χ0v) is 20.2. The van der Waals surface area contributed by atoms with E-state index in [4.69, 9.17) is 4.74 Å². The highest BCUT2D eigenvalue weighted by Crippen LogP contribution is 2.44. The van der Waals surface area contributed by atoms with Gasteiger partial charge in [-0.1, -0.05) is 68.3 Å². The Morgan fingerprint density at radius 3 is 2.23 bits per heavy atom. The molecule has 0 saturated heterocycles. The Labute approximate surface area is 206 Å². The molecule has 35 heavy (non-hydrogen) atoms. The lowest BCUT2D eigenvalue weighted by molar-refractivity contribution is -0.141. The predicted octanol–water partition coefficient (Wildman–Crippen LogP) is 4.56. The van der Waals surface area contributed by atoms with Crippen molar-refractivity contribution in [2.45, 2.75) is 44.9 Å². The molecule has 2 aliphatic carbocycles. The summed E-state index contributed by atoms with van der Waals surface area (Å²) in [6.07, 6.45) is 3.54. The van der Waals surface area contributed by atoms with Crippen LogP contribution in [0.4, 0.5) is 4.79 Å². The summed E-state index contributed by atoms with van der Waals surface area (Å²) in [5, 5.41) is 14.9. The number of nitrogens with one attached hydrogen (secondary N) is 2. The van der Waals surface area contributed by atoms with Gasteiger partial charge in [-0.05, 0) is 47.4 Å². The average molecular weight is 479 g/mol. The van der Waals surface area contributed by atoms with Crippen LogP contribution in [0.1, 0.15) is 56.1 Å². The van der Waals surface area contributed by atoms with Gasteiger partial charge in [0.05, 0.1) is 5.92 Å². The highest BCUT2D eigenvalue weighted by Gasteiger charge is 2.32. The van der Waals surface area contributed by atoms with E-state index >= 15 is 0 Å². The van der Waals surface area contributed by atoms with Gasteiger partial charge in [-0.15, -0.1) is 0 Å². The van der Waals surface area contributed by atoms with Crippen molar-refractivity contribution in [3.05, 3.63) is 59.7 Å². The minimum absolute atomic E-state index is 0.00195. The molecule has 0 aliphatic heterocycles. The number of fused-ring (bicyclic) bond motifs is 3. The molecule has 0 heterocycles. The number of rotatable bonds is 9. The minimum atomic E-state index is -0.898. The number of carbonyl (C=O) groups is 3. The third-order valence-corrected chi connectivity index (χ3v) is 7.46. The van der Waals surface area contributed by atoms with Crippen molar-refractivity contribution in [1.82, 2.24) is 10.6 Å². The molecule has 3 N–H and O–H groups in total. The van der Waals surface area contributed by atoms with E-state index in [0.29, 0.717) is 13.0 Å². The molecule has 7 heteroatoms. The maximum Gasteiger partial charge on any atom is 0.407 e. The highest BCUT2D eigenvalue weighted by atomic mass is 16.5. The quantitative estimate of drug-likeness (QED) is 0.490. The second-order valence-electron chi connectivity index (χ2n) is 9.55. The van der Waals surface area contributed by atoms with Gasteiger partial charge in [-0.25, -0.2) is 4.79 Å². The van der Waals surface area contributed by atoms with Gasteiger partial charge in [-0.3, -0.25) is 9.59 Å². The van der Waals surface area contributed by atoms with Crippen LogP contribution in [0.3, 0.4) is 0 Å². The zero-order chi connectivity index (χ0) is 24.8. The summed E-state index contributed by atoms with van der Waals surface area (Å²) in [4.78, 5) is 36.6. The van der Waals surface area contributed by atoms with Gasteiger partial charge in [-0.2, -0.15) is 0 Å². The topological polar surface area (TPSA) is 105 Å². The lowest BCUT2D eigenvalue weighted by Crippen LogP contribution is -2.43. The summed E-state index contributed by atoms with van der Waals surface area (Å²) >= 11 is 0. The van der Waals surface area contributed by atoms with Gasteiger partial charge >= 0.3 is 12.1 Å². The van der Waals surface area contributed by atoms with E-state index in [1.807, 2.05) is 24.3 Å². The average Bonchev–Trinajstić information content (AvgIpc) is 3.20. The predicted molar refractivity (Wildman–Crippen MR) is 133 cm³/mol. The van der Waals surface area contributed by atoms with Crippen LogP contribution in [0.25, 0.3) is 11.1 Å². The Kier molecular flexibility index (Phi) is 8.06. The monoisotopic (exact) mass is 478 g/mol. The molecule has 0 aromatic heterocycles. The van der Waals surface area contributed by atoms with Crippen LogP contribution < -0.4 is 10.6 Å². The number of aliphatic carboxylic acids is 1. The van der Waals surface area contributed by atoms with Crippen molar-refractivity contribution in [2.75, 3.05) is 19.7 Å². The first-order valence-electron chi connectivity index (χ1n) is 12.6. The van der Waals surface area contributed by atoms with Gasteiger partial charge in [0.1, 0.15) is 6.61 Å². The molecular formula is C28H34N2O5. The Bertz CT molecular complexity index is 1020. The van der Waals surface area contributed by atoms with Crippen molar-refractivity contribution in [1.29, 1.82) is 0 Å². The van der Waals surface area contributed by atoms with Gasteiger partial charge in [0.2, 0.25) is 5.91 Å². The summed E-state index contributed by atoms with van der Waals surface area (Å²) in [6, 6.07) is 16.4. The van der Waals surface area contributed by atoms with Gasteiger partial charge in [0.25, 0.3) is 0 Å². The number of carboxylic acids is 1. The van der Waals surface area contributed by atoms with Crippen LogP contribution in [-0.2, 0) is 14.3 Å². The molecule has 1 saturated carbocycles. The summed E-state index contributed by atoms with van der Waals surface area (Å²) in [6.45, 7) is 2.55. The van der Waals surface area contributed by atoms with Crippen molar-refractivity contribution in [3.8, 4) is 11.1 Å². The van der Waals surface area contributed by atoms with E-state index < -0.39 is 18.0 Å². The zero-order valence-electron chi connectivity index (χ0n) is 20.2. The lowest BCUT2D eigenvalue weighted by Gasteiger charge is -2.31. The number of amides is 2. The second-order valence-corrected chi connectivity index (χ2v) is 9.55. The molecule has 0 spiro atoms. The summed E-state index contributed by atoms with van der Waals surface area (Å²) in [7, 11) is 0. The molecule has 3 unspecified atom stereocenters. The van der Waals surface area contributed by atoms with Gasteiger partial charge < -0.3 is 20.5 Å². The first-order chi connectivity index (χ1) is 17.0. The lowest BCUT2D eigenvalue weighted by atomic mass is 9.78. The Morgan fingerprint density at radius 1 is 0.971 bits per heavy atom. The largest absolute Gasteiger partial charge is 0.481 e. The van der Waals surface area contributed by atoms with Crippen molar-refractivity contribution >= 4 is 18.0 Å². The number of carbonyl (C=O) groups excluding carboxylic acids is 2. The Hall–Kier alpha value is -3.35. The SMILES string of the molecule is CCC(CNC(=O)C1CCCCC1CNC(=O)OCC1c2ccccc2-c2ccccc21)C(=O)O. The van der Waals surface area contributed by atoms with Crippen LogP contribution in [0.5, 0.6) is 0 Å². The molecule has 3 atom stereocenters. The molecule has 4 rings (SSSR count). The highest BCUT2D eigenvalue weighted by molar-refractivity contribution is 5.80. The molecule has 2 amide bonds. The summed E-state index contributed by atoms with van der Waals surface area (Å²) in [5.74, 6) is -1.83. The van der Waals surface area contributed by atoms with E-state index in [1.54, 1.807) is 6.92 Å². The van der Waals surface area contributed by atoms with Crippen LogP contribution >= 0.6 is 0 Å².